The maximum Gasteiger partial charge on any atom is 0.228 e. The Kier molecular flexibility index (Phi) is 2.73. The first-order valence-corrected chi connectivity index (χ1v) is 5.39. The molecule has 0 spiro atoms. The maximum atomic E-state index is 12.9. The van der Waals surface area contributed by atoms with Gasteiger partial charge in [0.15, 0.2) is 11.6 Å². The maximum absolute atomic E-state index is 12.9. The first kappa shape index (κ1) is 10.5. The summed E-state index contributed by atoms with van der Waals surface area (Å²) in [6.07, 6.45) is 0.388. The highest BCUT2D eigenvalue weighted by atomic mass is 79.9. The van der Waals surface area contributed by atoms with Crippen LogP contribution in [-0.2, 0) is 4.79 Å². The molecule has 0 bridgehead atoms. The summed E-state index contributed by atoms with van der Waals surface area (Å²) >= 11 is 3.32. The number of carbonyl (C=O) groups excluding carboxylic acids is 1. The molecule has 15 heavy (non-hydrogen) atoms. The van der Waals surface area contributed by atoms with Gasteiger partial charge in [0.25, 0.3) is 0 Å². The van der Waals surface area contributed by atoms with Gasteiger partial charge in [-0.15, -0.1) is 0 Å². The predicted octanol–water partition coefficient (Wildman–Crippen LogP) is 2.47. The van der Waals surface area contributed by atoms with E-state index in [-0.39, 0.29) is 10.7 Å². The third-order valence-electron chi connectivity index (χ3n) is 2.29. The summed E-state index contributed by atoms with van der Waals surface area (Å²) in [4.78, 5) is 13.0. The average Bonchev–Trinajstić information content (AvgIpc) is 2.50. The van der Waals surface area contributed by atoms with Crippen LogP contribution in [0.2, 0.25) is 0 Å². The van der Waals surface area contributed by atoms with Crippen molar-refractivity contribution in [2.75, 3.05) is 11.4 Å². The van der Waals surface area contributed by atoms with Crippen LogP contribution in [0.4, 0.5) is 14.5 Å². The monoisotopic (exact) mass is 275 g/mol. The minimum atomic E-state index is -0.932. The summed E-state index contributed by atoms with van der Waals surface area (Å²) < 4.78 is 25.6. The van der Waals surface area contributed by atoms with Gasteiger partial charge in [0.2, 0.25) is 5.91 Å². The summed E-state index contributed by atoms with van der Waals surface area (Å²) in [6.45, 7) is 0.490. The Balaban J connectivity index is 2.30. The molecule has 1 heterocycles. The minimum Gasteiger partial charge on any atom is -0.311 e. The van der Waals surface area contributed by atoms with E-state index in [4.69, 9.17) is 0 Å². The second kappa shape index (κ2) is 3.89. The molecule has 2 rings (SSSR count). The summed E-state index contributed by atoms with van der Waals surface area (Å²) in [6, 6.07) is 3.47. The molecule has 1 aliphatic rings. The molecule has 0 N–H and O–H groups in total. The van der Waals surface area contributed by atoms with Gasteiger partial charge in [-0.05, 0) is 12.1 Å². The van der Waals surface area contributed by atoms with E-state index in [1.165, 1.54) is 11.0 Å². The van der Waals surface area contributed by atoms with Gasteiger partial charge in [0.1, 0.15) is 0 Å². The van der Waals surface area contributed by atoms with Crippen LogP contribution in [0.5, 0.6) is 0 Å². The Labute approximate surface area is 94.0 Å². The zero-order chi connectivity index (χ0) is 11.0. The van der Waals surface area contributed by atoms with Gasteiger partial charge in [-0.3, -0.25) is 4.79 Å². The molecule has 80 valence electrons. The predicted molar refractivity (Wildman–Crippen MR) is 56.0 cm³/mol. The van der Waals surface area contributed by atoms with Crippen molar-refractivity contribution in [3.8, 4) is 0 Å². The number of hydrogen-bond donors (Lipinski definition) is 0. The fraction of sp³-hybridized carbons (Fsp3) is 0.300. The van der Waals surface area contributed by atoms with E-state index < -0.39 is 11.6 Å². The zero-order valence-corrected chi connectivity index (χ0v) is 9.30. The van der Waals surface area contributed by atoms with E-state index in [2.05, 4.69) is 15.9 Å². The molecule has 1 atom stereocenters. The first-order chi connectivity index (χ1) is 7.08. The lowest BCUT2D eigenvalue weighted by Gasteiger charge is -2.15. The Morgan fingerprint density at radius 2 is 2.07 bits per heavy atom. The van der Waals surface area contributed by atoms with E-state index in [1.807, 2.05) is 0 Å². The lowest BCUT2D eigenvalue weighted by atomic mass is 10.3. The molecule has 0 aliphatic carbocycles. The van der Waals surface area contributed by atoms with Crippen LogP contribution >= 0.6 is 15.9 Å². The molecule has 1 aliphatic heterocycles. The standard InChI is InChI=1S/C10H8BrF2NO/c11-6-3-10(15)14(5-6)7-1-2-8(12)9(13)4-7/h1-2,4,6H,3,5H2. The van der Waals surface area contributed by atoms with Crippen molar-refractivity contribution in [3.63, 3.8) is 0 Å². The number of benzene rings is 1. The molecule has 0 aromatic heterocycles. The van der Waals surface area contributed by atoms with Crippen molar-refractivity contribution < 1.29 is 13.6 Å². The van der Waals surface area contributed by atoms with Crippen molar-refractivity contribution in [1.29, 1.82) is 0 Å². The van der Waals surface area contributed by atoms with Crippen LogP contribution < -0.4 is 4.90 Å². The number of nitrogens with zero attached hydrogens (tertiary/aromatic N) is 1. The van der Waals surface area contributed by atoms with Gasteiger partial charge in [-0.25, -0.2) is 8.78 Å². The minimum absolute atomic E-state index is 0.0807. The van der Waals surface area contributed by atoms with Crippen molar-refractivity contribution in [2.24, 2.45) is 0 Å². The van der Waals surface area contributed by atoms with Gasteiger partial charge in [0, 0.05) is 29.5 Å². The van der Waals surface area contributed by atoms with Crippen molar-refractivity contribution in [3.05, 3.63) is 29.8 Å². The first-order valence-electron chi connectivity index (χ1n) is 4.47. The molecule has 5 heteroatoms. The third-order valence-corrected chi connectivity index (χ3v) is 2.91. The number of amides is 1. The quantitative estimate of drug-likeness (QED) is 0.721. The normalized spacial score (nSPS) is 21.1. The fourth-order valence-corrected chi connectivity index (χ4v) is 2.13. The fourth-order valence-electron chi connectivity index (χ4n) is 1.57. The number of carbonyl (C=O) groups is 1. The van der Waals surface area contributed by atoms with Gasteiger partial charge in [0.05, 0.1) is 0 Å². The smallest absolute Gasteiger partial charge is 0.228 e. The number of rotatable bonds is 1. The average molecular weight is 276 g/mol. The van der Waals surface area contributed by atoms with Crippen LogP contribution in [0.25, 0.3) is 0 Å². The van der Waals surface area contributed by atoms with Gasteiger partial charge >= 0.3 is 0 Å². The molecule has 1 saturated heterocycles. The van der Waals surface area contributed by atoms with E-state index in [0.717, 1.165) is 12.1 Å². The Hall–Kier alpha value is -0.970. The molecule has 1 aromatic rings. The lowest BCUT2D eigenvalue weighted by Crippen LogP contribution is -2.24. The Morgan fingerprint density at radius 1 is 1.33 bits per heavy atom. The molecular weight excluding hydrogens is 268 g/mol. The molecule has 0 saturated carbocycles. The SMILES string of the molecule is O=C1CC(Br)CN1c1ccc(F)c(F)c1. The van der Waals surface area contributed by atoms with Crippen LogP contribution in [0, 0.1) is 11.6 Å². The number of anilines is 1. The summed E-state index contributed by atoms with van der Waals surface area (Å²) in [5.74, 6) is -1.91. The van der Waals surface area contributed by atoms with E-state index in [9.17, 15) is 13.6 Å². The Morgan fingerprint density at radius 3 is 2.60 bits per heavy atom. The summed E-state index contributed by atoms with van der Waals surface area (Å²) in [7, 11) is 0. The van der Waals surface area contributed by atoms with Gasteiger partial charge in [-0.1, -0.05) is 15.9 Å². The molecule has 1 aromatic carbocycles. The van der Waals surface area contributed by atoms with Crippen LogP contribution in [0.15, 0.2) is 18.2 Å². The topological polar surface area (TPSA) is 20.3 Å². The van der Waals surface area contributed by atoms with Gasteiger partial charge in [-0.2, -0.15) is 0 Å². The zero-order valence-electron chi connectivity index (χ0n) is 7.71. The summed E-state index contributed by atoms with van der Waals surface area (Å²) in [5.41, 5.74) is 0.404. The van der Waals surface area contributed by atoms with Crippen molar-refractivity contribution >= 4 is 27.5 Å². The lowest BCUT2D eigenvalue weighted by molar-refractivity contribution is -0.117. The van der Waals surface area contributed by atoms with Crippen molar-refractivity contribution in [1.82, 2.24) is 0 Å². The van der Waals surface area contributed by atoms with E-state index >= 15 is 0 Å². The molecule has 1 unspecified atom stereocenters. The molecule has 1 amide bonds. The third kappa shape index (κ3) is 2.02. The molecule has 0 radical (unpaired) electrons. The highest BCUT2D eigenvalue weighted by molar-refractivity contribution is 9.09. The van der Waals surface area contributed by atoms with E-state index in [0.29, 0.717) is 18.7 Å². The molecule has 1 fully saturated rings. The van der Waals surface area contributed by atoms with Crippen molar-refractivity contribution in [2.45, 2.75) is 11.2 Å². The summed E-state index contributed by atoms with van der Waals surface area (Å²) in [5, 5.41) is 0. The van der Waals surface area contributed by atoms with Crippen LogP contribution in [-0.4, -0.2) is 17.3 Å². The number of halogens is 3. The largest absolute Gasteiger partial charge is 0.311 e. The number of alkyl halides is 1. The molecular formula is C10H8BrF2NO. The highest BCUT2D eigenvalue weighted by Gasteiger charge is 2.29. The van der Waals surface area contributed by atoms with Crippen LogP contribution in [0.1, 0.15) is 6.42 Å². The second-order valence-corrected chi connectivity index (χ2v) is 4.70. The number of hydrogen-bond acceptors (Lipinski definition) is 1. The van der Waals surface area contributed by atoms with Crippen LogP contribution in [0.3, 0.4) is 0 Å². The molecule has 2 nitrogen and oxygen atoms in total. The van der Waals surface area contributed by atoms with E-state index in [1.54, 1.807) is 0 Å². The highest BCUT2D eigenvalue weighted by Crippen LogP contribution is 2.26. The Bertz CT molecular complexity index is 410. The second-order valence-electron chi connectivity index (χ2n) is 3.40. The van der Waals surface area contributed by atoms with Gasteiger partial charge < -0.3 is 4.90 Å².